The van der Waals surface area contributed by atoms with Crippen LogP contribution in [0.2, 0.25) is 0 Å². The fraction of sp³-hybridized carbons (Fsp3) is 0.0541. The average molecular weight is 967 g/mol. The molecule has 0 fully saturated rings. The molecule has 0 bridgehead atoms. The molecule has 11 aromatic carbocycles. The zero-order chi connectivity index (χ0) is 50.0. The van der Waals surface area contributed by atoms with E-state index in [1.165, 1.54) is 117 Å². The maximum atomic E-state index is 2.56. The summed E-state index contributed by atoms with van der Waals surface area (Å²) >= 11 is 0. The van der Waals surface area contributed by atoms with Gasteiger partial charge in [0.05, 0.1) is 21.9 Å². The Morgan fingerprint density at radius 1 is 0.342 bits per heavy atom. The first-order valence-corrected chi connectivity index (χ1v) is 26.8. The fourth-order valence-electron chi connectivity index (χ4n) is 14.4. The number of benzene rings is 11. The summed E-state index contributed by atoms with van der Waals surface area (Å²) in [5, 5.41) is 2.50. The molecule has 0 aliphatic heterocycles. The van der Waals surface area contributed by atoms with Crippen molar-refractivity contribution in [3.63, 3.8) is 0 Å². The largest absolute Gasteiger partial charge is 0.313 e. The third-order valence-electron chi connectivity index (χ3n) is 17.3. The molecule has 0 N–H and O–H groups in total. The van der Waals surface area contributed by atoms with Gasteiger partial charge in [-0.1, -0.05) is 224 Å². The highest BCUT2D eigenvalue weighted by Gasteiger charge is 2.52. The minimum Gasteiger partial charge on any atom is -0.313 e. The first-order valence-electron chi connectivity index (χ1n) is 26.8. The molecule has 0 saturated carbocycles. The first kappa shape index (κ1) is 43.0. The summed E-state index contributed by atoms with van der Waals surface area (Å²) in [4.78, 5) is 2.50. The van der Waals surface area contributed by atoms with Gasteiger partial charge in [0.1, 0.15) is 0 Å². The predicted octanol–water partition coefficient (Wildman–Crippen LogP) is 18.8. The van der Waals surface area contributed by atoms with Gasteiger partial charge < -0.3 is 9.47 Å². The Labute approximate surface area is 443 Å². The van der Waals surface area contributed by atoms with E-state index in [4.69, 9.17) is 0 Å². The van der Waals surface area contributed by atoms with Gasteiger partial charge in [-0.3, -0.25) is 0 Å². The van der Waals surface area contributed by atoms with Gasteiger partial charge >= 0.3 is 0 Å². The van der Waals surface area contributed by atoms with E-state index >= 15 is 0 Å². The third kappa shape index (κ3) is 5.81. The van der Waals surface area contributed by atoms with Crippen LogP contribution in [-0.4, -0.2) is 4.57 Å². The quantitative estimate of drug-likeness (QED) is 0.155. The molecule has 2 heteroatoms. The van der Waals surface area contributed by atoms with Gasteiger partial charge in [-0.05, 0) is 156 Å². The molecule has 16 rings (SSSR count). The molecule has 0 amide bonds. The van der Waals surface area contributed by atoms with Crippen molar-refractivity contribution in [1.29, 1.82) is 0 Å². The van der Waals surface area contributed by atoms with E-state index in [0.717, 1.165) is 29.9 Å². The van der Waals surface area contributed by atoms with E-state index in [0.29, 0.717) is 0 Å². The predicted molar refractivity (Wildman–Crippen MR) is 316 cm³/mol. The normalized spacial score (nSPS) is 14.7. The second-order valence-corrected chi connectivity index (χ2v) is 20.9. The van der Waals surface area contributed by atoms with E-state index in [1.807, 2.05) is 0 Å². The lowest BCUT2D eigenvalue weighted by molar-refractivity contribution is 0.777. The van der Waals surface area contributed by atoms with Gasteiger partial charge in [0.15, 0.2) is 0 Å². The van der Waals surface area contributed by atoms with Crippen molar-refractivity contribution in [2.24, 2.45) is 0 Å². The molecule has 0 unspecified atom stereocenters. The van der Waals surface area contributed by atoms with E-state index in [2.05, 4.69) is 289 Å². The Hall–Kier alpha value is -9.50. The van der Waals surface area contributed by atoms with Gasteiger partial charge in [-0.25, -0.2) is 0 Å². The number of hydrogen-bond donors (Lipinski definition) is 0. The van der Waals surface area contributed by atoms with Crippen molar-refractivity contribution in [2.45, 2.75) is 23.7 Å². The molecule has 4 aliphatic rings. The number of nitrogens with zero attached hydrogens (tertiary/aromatic N) is 2. The number of aromatic nitrogens is 1. The summed E-state index contributed by atoms with van der Waals surface area (Å²) in [5.41, 5.74) is 26.8. The molecule has 1 spiro atoms. The number of anilines is 3. The van der Waals surface area contributed by atoms with Gasteiger partial charge in [0.2, 0.25) is 0 Å². The van der Waals surface area contributed by atoms with Crippen LogP contribution in [0.4, 0.5) is 17.1 Å². The Kier molecular flexibility index (Phi) is 9.33. The summed E-state index contributed by atoms with van der Waals surface area (Å²) in [6.07, 6.45) is 8.83. The minimum absolute atomic E-state index is 0.424. The van der Waals surface area contributed by atoms with E-state index in [9.17, 15) is 0 Å². The zero-order valence-electron chi connectivity index (χ0n) is 41.9. The molecule has 0 saturated heterocycles. The Bertz CT molecular complexity index is 4310. The van der Waals surface area contributed by atoms with Crippen molar-refractivity contribution < 1.29 is 0 Å². The SMILES string of the molecule is C1=CCCC(n2c3ccc(N(c4ccc(-c5ccccc5)cc4)c4ccc5c(c4)-c4ccccc4C54c5ccccc5-c5ccccc54)cc3c3c(C4(c5ccccc5)c5ccccc5-c5ccccc54)cccc32)=C1. The topological polar surface area (TPSA) is 8.17 Å². The molecule has 2 nitrogen and oxygen atoms in total. The van der Waals surface area contributed by atoms with Gasteiger partial charge in [0, 0.05) is 33.5 Å². The Morgan fingerprint density at radius 2 is 0.816 bits per heavy atom. The van der Waals surface area contributed by atoms with Crippen LogP contribution < -0.4 is 4.90 Å². The van der Waals surface area contributed by atoms with Crippen molar-refractivity contribution in [3.8, 4) is 44.5 Å². The lowest BCUT2D eigenvalue weighted by Crippen LogP contribution is -2.28. The summed E-state index contributed by atoms with van der Waals surface area (Å²) in [6, 6.07) is 98.4. The average Bonchev–Trinajstić information content (AvgIpc) is 4.25. The second kappa shape index (κ2) is 16.5. The molecule has 0 radical (unpaired) electrons. The number of fused-ring (bicyclic) bond motifs is 16. The summed E-state index contributed by atoms with van der Waals surface area (Å²) < 4.78 is 2.56. The van der Waals surface area contributed by atoms with Gasteiger partial charge in [0.25, 0.3) is 0 Å². The van der Waals surface area contributed by atoms with Crippen LogP contribution in [0.1, 0.15) is 57.3 Å². The third-order valence-corrected chi connectivity index (χ3v) is 17.3. The van der Waals surface area contributed by atoms with Gasteiger partial charge in [-0.15, -0.1) is 0 Å². The first-order chi connectivity index (χ1) is 37.7. The maximum Gasteiger partial charge on any atom is 0.0725 e. The van der Waals surface area contributed by atoms with Gasteiger partial charge in [-0.2, -0.15) is 0 Å². The molecular formula is C74H50N2. The number of hydrogen-bond acceptors (Lipinski definition) is 1. The summed E-state index contributed by atoms with van der Waals surface area (Å²) in [7, 11) is 0. The van der Waals surface area contributed by atoms with Crippen molar-refractivity contribution >= 4 is 44.6 Å². The van der Waals surface area contributed by atoms with Crippen LogP contribution in [0.3, 0.4) is 0 Å². The van der Waals surface area contributed by atoms with E-state index in [-0.39, 0.29) is 0 Å². The highest BCUT2D eigenvalue weighted by atomic mass is 15.1. The molecule has 12 aromatic rings. The fourth-order valence-corrected chi connectivity index (χ4v) is 14.4. The number of allylic oxidation sites excluding steroid dienone is 4. The second-order valence-electron chi connectivity index (χ2n) is 20.9. The Balaban J connectivity index is 0.976. The molecule has 0 atom stereocenters. The summed E-state index contributed by atoms with van der Waals surface area (Å²) in [6.45, 7) is 0. The monoisotopic (exact) mass is 966 g/mol. The van der Waals surface area contributed by atoms with Crippen LogP contribution in [0, 0.1) is 0 Å². The lowest BCUT2D eigenvalue weighted by Gasteiger charge is -2.34. The van der Waals surface area contributed by atoms with E-state index < -0.39 is 10.8 Å². The van der Waals surface area contributed by atoms with Crippen LogP contribution in [-0.2, 0) is 10.8 Å². The van der Waals surface area contributed by atoms with Crippen LogP contribution in [0.5, 0.6) is 0 Å². The maximum absolute atomic E-state index is 2.56. The number of rotatable bonds is 7. The van der Waals surface area contributed by atoms with Crippen molar-refractivity contribution in [3.05, 3.63) is 324 Å². The molecule has 1 heterocycles. The molecule has 4 aliphatic carbocycles. The molecule has 356 valence electrons. The smallest absolute Gasteiger partial charge is 0.0725 e. The highest BCUT2D eigenvalue weighted by Crippen LogP contribution is 2.64. The van der Waals surface area contributed by atoms with Crippen LogP contribution in [0.25, 0.3) is 72.0 Å². The summed E-state index contributed by atoms with van der Waals surface area (Å²) in [5.74, 6) is 0. The minimum atomic E-state index is -0.586. The zero-order valence-corrected chi connectivity index (χ0v) is 41.9. The lowest BCUT2D eigenvalue weighted by atomic mass is 9.66. The molecule has 76 heavy (non-hydrogen) atoms. The van der Waals surface area contributed by atoms with Crippen molar-refractivity contribution in [2.75, 3.05) is 4.90 Å². The van der Waals surface area contributed by atoms with Crippen LogP contribution >= 0.6 is 0 Å². The highest BCUT2D eigenvalue weighted by molar-refractivity contribution is 6.14. The van der Waals surface area contributed by atoms with Crippen LogP contribution in [0.15, 0.2) is 279 Å². The molecule has 1 aromatic heterocycles. The van der Waals surface area contributed by atoms with Crippen molar-refractivity contribution in [1.82, 2.24) is 4.57 Å². The van der Waals surface area contributed by atoms with E-state index in [1.54, 1.807) is 0 Å². The molecular weight excluding hydrogens is 917 g/mol. The Morgan fingerprint density at radius 3 is 1.41 bits per heavy atom. The standard InChI is InChI=1S/C74H50N2/c1-4-21-49(22-5-1)50-39-41-53(42-40-50)75(54-43-45-68-61(47-54)60-31-14-19-36-67(60)74(68)65-34-17-12-29-58(65)59-30-13-18-35-66(59)74)55-44-46-70-62(48-55)72-69(37-20-38-71(72)76(70)52-25-8-3-9-26-52)73(51-23-6-2-7-24-51)63-32-15-10-27-56(63)57-28-11-16-33-64(57)73/h1-8,10-25,27-48H,9,26H2.